The van der Waals surface area contributed by atoms with Crippen molar-refractivity contribution in [3.05, 3.63) is 29.8 Å². The van der Waals surface area contributed by atoms with Crippen LogP contribution in [0.2, 0.25) is 0 Å². The highest BCUT2D eigenvalue weighted by Gasteiger charge is 2.12. The first-order chi connectivity index (χ1) is 9.30. The molecule has 4 N–H and O–H groups in total. The molecule has 21 heavy (non-hydrogen) atoms. The molecule has 1 rings (SSSR count). The van der Waals surface area contributed by atoms with E-state index < -0.39 is 0 Å². The third kappa shape index (κ3) is 8.54. The molecule has 0 spiro atoms. The van der Waals surface area contributed by atoms with E-state index in [-0.39, 0.29) is 47.9 Å². The summed E-state index contributed by atoms with van der Waals surface area (Å²) < 4.78 is 0. The van der Waals surface area contributed by atoms with Crippen LogP contribution >= 0.6 is 24.0 Å². The second-order valence-corrected chi connectivity index (χ2v) is 5.68. The number of carbonyl (C=O) groups is 1. The van der Waals surface area contributed by atoms with Gasteiger partial charge >= 0.3 is 0 Å². The highest BCUT2D eigenvalue weighted by molar-refractivity contribution is 14.0. The van der Waals surface area contributed by atoms with Gasteiger partial charge in [0.2, 0.25) is 5.91 Å². The van der Waals surface area contributed by atoms with Crippen molar-refractivity contribution in [3.63, 3.8) is 0 Å². The molecule has 1 aromatic rings. The van der Waals surface area contributed by atoms with Crippen molar-refractivity contribution in [1.82, 2.24) is 5.32 Å². The number of guanidine groups is 1. The van der Waals surface area contributed by atoms with Gasteiger partial charge in [0.05, 0.1) is 0 Å². The number of aliphatic imine (C=N–C) groups is 1. The van der Waals surface area contributed by atoms with Gasteiger partial charge in [-0.25, -0.2) is 4.99 Å². The maximum absolute atomic E-state index is 11.6. The fourth-order valence-electron chi connectivity index (χ4n) is 1.63. The normalized spacial score (nSPS) is 11.5. The van der Waals surface area contributed by atoms with Crippen LogP contribution in [-0.4, -0.2) is 24.0 Å². The maximum Gasteiger partial charge on any atom is 0.242 e. The number of anilines is 1. The van der Waals surface area contributed by atoms with Crippen molar-refractivity contribution < 1.29 is 4.79 Å². The van der Waals surface area contributed by atoms with E-state index in [2.05, 4.69) is 22.5 Å². The van der Waals surface area contributed by atoms with Crippen LogP contribution < -0.4 is 16.4 Å². The lowest BCUT2D eigenvalue weighted by Gasteiger charge is -2.19. The molecule has 0 saturated carbocycles. The van der Waals surface area contributed by atoms with Gasteiger partial charge in [0.25, 0.3) is 0 Å². The lowest BCUT2D eigenvalue weighted by Crippen LogP contribution is -2.42. The average molecular weight is 404 g/mol. The monoisotopic (exact) mass is 404 g/mol. The molecule has 0 heterocycles. The first-order valence-electron chi connectivity index (χ1n) is 6.77. The molecule has 0 bridgehead atoms. The Morgan fingerprint density at radius 1 is 1.24 bits per heavy atom. The van der Waals surface area contributed by atoms with E-state index >= 15 is 0 Å². The Kier molecular flexibility index (Phi) is 8.31. The Labute approximate surface area is 143 Å². The number of carbonyl (C=O) groups excluding carboxylic acids is 1. The standard InChI is InChI=1S/C15H24N4O.HI/c1-5-11-6-8-12(9-7-11)18-14(16)17-10-13(20)19-15(2,3)4;/h6-9H,5,10H2,1-4H3,(H,19,20)(H3,16,17,18);1H. The van der Waals surface area contributed by atoms with E-state index in [9.17, 15) is 4.79 Å². The van der Waals surface area contributed by atoms with Crippen molar-refractivity contribution >= 4 is 41.5 Å². The second-order valence-electron chi connectivity index (χ2n) is 5.68. The van der Waals surface area contributed by atoms with Gasteiger partial charge in [0.15, 0.2) is 5.96 Å². The lowest BCUT2D eigenvalue weighted by molar-refractivity contribution is -0.121. The zero-order valence-electron chi connectivity index (χ0n) is 13.1. The highest BCUT2D eigenvalue weighted by atomic mass is 127. The molecule has 6 heteroatoms. The van der Waals surface area contributed by atoms with E-state index in [0.717, 1.165) is 12.1 Å². The number of nitrogens with zero attached hydrogens (tertiary/aromatic N) is 1. The van der Waals surface area contributed by atoms with Crippen molar-refractivity contribution in [1.29, 1.82) is 0 Å². The number of hydrogen-bond acceptors (Lipinski definition) is 2. The number of halogens is 1. The van der Waals surface area contributed by atoms with Gasteiger partial charge in [-0.1, -0.05) is 19.1 Å². The zero-order valence-corrected chi connectivity index (χ0v) is 15.4. The fraction of sp³-hybridized carbons (Fsp3) is 0.467. The third-order valence-electron chi connectivity index (χ3n) is 2.54. The Hall–Kier alpha value is -1.31. The van der Waals surface area contributed by atoms with Crippen LogP contribution in [0.3, 0.4) is 0 Å². The molecule has 0 atom stereocenters. The minimum Gasteiger partial charge on any atom is -0.370 e. The molecule has 0 fully saturated rings. The minimum absolute atomic E-state index is 0. The summed E-state index contributed by atoms with van der Waals surface area (Å²) in [7, 11) is 0. The summed E-state index contributed by atoms with van der Waals surface area (Å²) in [5.41, 5.74) is 7.61. The molecule has 1 amide bonds. The molecule has 1 aromatic carbocycles. The summed E-state index contributed by atoms with van der Waals surface area (Å²) in [4.78, 5) is 15.6. The van der Waals surface area contributed by atoms with Gasteiger partial charge < -0.3 is 16.4 Å². The molecule has 0 aromatic heterocycles. The maximum atomic E-state index is 11.6. The number of hydrogen-bond donors (Lipinski definition) is 3. The first kappa shape index (κ1) is 19.7. The number of aryl methyl sites for hydroxylation is 1. The third-order valence-corrected chi connectivity index (χ3v) is 2.54. The van der Waals surface area contributed by atoms with Crippen LogP contribution in [0.1, 0.15) is 33.3 Å². The predicted octanol–water partition coefficient (Wildman–Crippen LogP) is 2.51. The van der Waals surface area contributed by atoms with Crippen molar-refractivity contribution in [2.75, 3.05) is 11.9 Å². The number of nitrogens with two attached hydrogens (primary N) is 1. The number of nitrogens with one attached hydrogen (secondary N) is 2. The van der Waals surface area contributed by atoms with Gasteiger partial charge in [0, 0.05) is 11.2 Å². The molecule has 118 valence electrons. The van der Waals surface area contributed by atoms with Gasteiger partial charge in [0.1, 0.15) is 6.54 Å². The first-order valence-corrected chi connectivity index (χ1v) is 6.77. The van der Waals surface area contributed by atoms with Crippen LogP contribution in [0.4, 0.5) is 5.69 Å². The molecule has 0 aliphatic rings. The summed E-state index contributed by atoms with van der Waals surface area (Å²) >= 11 is 0. The van der Waals surface area contributed by atoms with E-state index in [4.69, 9.17) is 5.73 Å². The summed E-state index contributed by atoms with van der Waals surface area (Å²) in [6, 6.07) is 7.94. The molecular formula is C15H25IN4O. The molecule has 5 nitrogen and oxygen atoms in total. The van der Waals surface area contributed by atoms with Gasteiger partial charge in [-0.3, -0.25) is 4.79 Å². The van der Waals surface area contributed by atoms with Gasteiger partial charge in [-0.2, -0.15) is 0 Å². The predicted molar refractivity (Wildman–Crippen MR) is 99.2 cm³/mol. The van der Waals surface area contributed by atoms with Crippen molar-refractivity contribution in [2.24, 2.45) is 10.7 Å². The number of benzene rings is 1. The largest absolute Gasteiger partial charge is 0.370 e. The number of amides is 1. The van der Waals surface area contributed by atoms with E-state index in [1.165, 1.54) is 5.56 Å². The Morgan fingerprint density at radius 2 is 1.81 bits per heavy atom. The molecule has 0 radical (unpaired) electrons. The van der Waals surface area contributed by atoms with Gasteiger partial charge in [-0.15, -0.1) is 24.0 Å². The summed E-state index contributed by atoms with van der Waals surface area (Å²) in [6.45, 7) is 7.89. The summed E-state index contributed by atoms with van der Waals surface area (Å²) in [5, 5.41) is 5.78. The van der Waals surface area contributed by atoms with Crippen LogP contribution in [0, 0.1) is 0 Å². The van der Waals surface area contributed by atoms with Crippen LogP contribution in [-0.2, 0) is 11.2 Å². The summed E-state index contributed by atoms with van der Waals surface area (Å²) in [5.74, 6) is 0.0851. The highest BCUT2D eigenvalue weighted by Crippen LogP contribution is 2.09. The van der Waals surface area contributed by atoms with Crippen LogP contribution in [0.25, 0.3) is 0 Å². The number of rotatable bonds is 4. The molecule has 0 unspecified atom stereocenters. The smallest absolute Gasteiger partial charge is 0.242 e. The molecule has 0 saturated heterocycles. The summed E-state index contributed by atoms with van der Waals surface area (Å²) in [6.07, 6.45) is 0.997. The quantitative estimate of drug-likeness (QED) is 0.410. The Balaban J connectivity index is 0.00000400. The van der Waals surface area contributed by atoms with E-state index in [1.54, 1.807) is 0 Å². The van der Waals surface area contributed by atoms with Crippen molar-refractivity contribution in [3.8, 4) is 0 Å². The van der Waals surface area contributed by atoms with Crippen molar-refractivity contribution in [2.45, 2.75) is 39.7 Å². The van der Waals surface area contributed by atoms with Crippen LogP contribution in [0.15, 0.2) is 29.3 Å². The zero-order chi connectivity index (χ0) is 15.2. The Morgan fingerprint density at radius 3 is 2.29 bits per heavy atom. The second kappa shape index (κ2) is 8.86. The molecular weight excluding hydrogens is 379 g/mol. The SMILES string of the molecule is CCc1ccc(NC(N)=NCC(=O)NC(C)(C)C)cc1.I. The van der Waals surface area contributed by atoms with Crippen LogP contribution in [0.5, 0.6) is 0 Å². The minimum atomic E-state index is -0.259. The van der Waals surface area contributed by atoms with E-state index in [0.29, 0.717) is 0 Å². The Bertz CT molecular complexity index is 477. The molecule has 0 aliphatic heterocycles. The topological polar surface area (TPSA) is 79.5 Å². The lowest BCUT2D eigenvalue weighted by atomic mass is 10.1. The van der Waals surface area contributed by atoms with Gasteiger partial charge in [-0.05, 0) is 44.9 Å². The fourth-order valence-corrected chi connectivity index (χ4v) is 1.63. The van der Waals surface area contributed by atoms with E-state index in [1.807, 2.05) is 45.0 Å². The molecule has 0 aliphatic carbocycles. The average Bonchev–Trinajstić information content (AvgIpc) is 2.35.